The number of esters is 1. The molecule has 1 aliphatic heterocycles. The number of likely N-dealkylation sites (tertiary alicyclic amines) is 1. The third kappa shape index (κ3) is 1.43. The highest BCUT2D eigenvalue weighted by Crippen LogP contribution is 2.64. The summed E-state index contributed by atoms with van der Waals surface area (Å²) >= 11 is 0. The SMILES string of the molecule is COC(=O)C1CCN1C1C2(C)CCC(C2)C1(C)C. The first-order valence-corrected chi connectivity index (χ1v) is 7.24. The molecule has 3 heteroatoms. The summed E-state index contributed by atoms with van der Waals surface area (Å²) in [6.07, 6.45) is 5.02. The summed E-state index contributed by atoms with van der Waals surface area (Å²) in [5, 5.41) is 0. The third-order valence-electron chi connectivity index (χ3n) is 6.06. The van der Waals surface area contributed by atoms with E-state index in [0.717, 1.165) is 18.9 Å². The highest BCUT2D eigenvalue weighted by molar-refractivity contribution is 5.76. The fourth-order valence-corrected chi connectivity index (χ4v) is 5.21. The van der Waals surface area contributed by atoms with Crippen LogP contribution in [0.2, 0.25) is 0 Å². The van der Waals surface area contributed by atoms with Gasteiger partial charge in [-0.15, -0.1) is 0 Å². The fourth-order valence-electron chi connectivity index (χ4n) is 5.21. The Balaban J connectivity index is 1.86. The molecule has 0 aromatic rings. The van der Waals surface area contributed by atoms with Crippen LogP contribution in [0.25, 0.3) is 0 Å². The molecule has 2 saturated carbocycles. The molecule has 18 heavy (non-hydrogen) atoms. The quantitative estimate of drug-likeness (QED) is 0.706. The van der Waals surface area contributed by atoms with Gasteiger partial charge in [0.2, 0.25) is 0 Å². The molecule has 3 fully saturated rings. The minimum Gasteiger partial charge on any atom is -0.468 e. The van der Waals surface area contributed by atoms with Gasteiger partial charge in [-0.1, -0.05) is 20.8 Å². The Bertz CT molecular complexity index is 374. The van der Waals surface area contributed by atoms with Crippen LogP contribution in [0.4, 0.5) is 0 Å². The summed E-state index contributed by atoms with van der Waals surface area (Å²) < 4.78 is 4.94. The highest BCUT2D eigenvalue weighted by Gasteiger charge is 2.63. The van der Waals surface area contributed by atoms with Crippen molar-refractivity contribution in [2.24, 2.45) is 16.7 Å². The van der Waals surface area contributed by atoms with Crippen molar-refractivity contribution in [3.05, 3.63) is 0 Å². The van der Waals surface area contributed by atoms with Crippen molar-refractivity contribution in [2.75, 3.05) is 13.7 Å². The van der Waals surface area contributed by atoms with E-state index < -0.39 is 0 Å². The van der Waals surface area contributed by atoms with Gasteiger partial charge in [0, 0.05) is 12.6 Å². The van der Waals surface area contributed by atoms with Crippen molar-refractivity contribution >= 4 is 5.97 Å². The Labute approximate surface area is 110 Å². The van der Waals surface area contributed by atoms with Gasteiger partial charge in [-0.3, -0.25) is 9.69 Å². The molecular formula is C15H25NO2. The molecule has 0 aromatic heterocycles. The summed E-state index contributed by atoms with van der Waals surface area (Å²) in [5.41, 5.74) is 0.764. The summed E-state index contributed by atoms with van der Waals surface area (Å²) in [7, 11) is 1.51. The molecule has 4 unspecified atom stereocenters. The standard InChI is InChI=1S/C15H25NO2/c1-14(2)10-5-7-15(3,9-10)13(14)16-8-6-11(16)12(17)18-4/h10-11,13H,5-9H2,1-4H3. The third-order valence-corrected chi connectivity index (χ3v) is 6.06. The van der Waals surface area contributed by atoms with Crippen LogP contribution in [0, 0.1) is 16.7 Å². The summed E-state index contributed by atoms with van der Waals surface area (Å²) in [5.74, 6) is 0.801. The van der Waals surface area contributed by atoms with E-state index in [9.17, 15) is 4.79 Å². The van der Waals surface area contributed by atoms with Gasteiger partial charge in [0.05, 0.1) is 7.11 Å². The van der Waals surface area contributed by atoms with E-state index in [1.165, 1.54) is 26.4 Å². The minimum absolute atomic E-state index is 0.0236. The van der Waals surface area contributed by atoms with Crippen molar-refractivity contribution in [3.63, 3.8) is 0 Å². The fraction of sp³-hybridized carbons (Fsp3) is 0.933. The number of carbonyl (C=O) groups is 1. The molecular weight excluding hydrogens is 226 g/mol. The van der Waals surface area contributed by atoms with E-state index in [-0.39, 0.29) is 12.0 Å². The number of hydrogen-bond donors (Lipinski definition) is 0. The molecule has 2 aliphatic carbocycles. The van der Waals surface area contributed by atoms with Gasteiger partial charge in [0.1, 0.15) is 6.04 Å². The lowest BCUT2D eigenvalue weighted by Crippen LogP contribution is -2.64. The molecule has 102 valence electrons. The number of fused-ring (bicyclic) bond motifs is 2. The second-order valence-corrected chi connectivity index (χ2v) is 7.38. The normalized spacial score (nSPS) is 45.9. The molecule has 3 nitrogen and oxygen atoms in total. The van der Waals surface area contributed by atoms with Gasteiger partial charge in [-0.25, -0.2) is 0 Å². The Hall–Kier alpha value is -0.570. The molecule has 0 N–H and O–H groups in total. The van der Waals surface area contributed by atoms with Gasteiger partial charge in [-0.2, -0.15) is 0 Å². The van der Waals surface area contributed by atoms with E-state index in [4.69, 9.17) is 4.74 Å². The predicted molar refractivity (Wildman–Crippen MR) is 70.1 cm³/mol. The van der Waals surface area contributed by atoms with Crippen molar-refractivity contribution in [3.8, 4) is 0 Å². The maximum Gasteiger partial charge on any atom is 0.323 e. The van der Waals surface area contributed by atoms with E-state index in [0.29, 0.717) is 16.9 Å². The molecule has 1 heterocycles. The number of nitrogens with zero attached hydrogens (tertiary/aromatic N) is 1. The van der Waals surface area contributed by atoms with E-state index in [1.807, 2.05) is 0 Å². The van der Waals surface area contributed by atoms with Crippen LogP contribution in [0.3, 0.4) is 0 Å². The molecule has 3 aliphatic rings. The summed E-state index contributed by atoms with van der Waals surface area (Å²) in [4.78, 5) is 14.3. The lowest BCUT2D eigenvalue weighted by Gasteiger charge is -2.55. The van der Waals surface area contributed by atoms with Crippen LogP contribution in [0.5, 0.6) is 0 Å². The first-order chi connectivity index (χ1) is 8.40. The zero-order valence-corrected chi connectivity index (χ0v) is 12.0. The van der Waals surface area contributed by atoms with Gasteiger partial charge >= 0.3 is 5.97 Å². The largest absolute Gasteiger partial charge is 0.468 e. The average molecular weight is 251 g/mol. The van der Waals surface area contributed by atoms with Crippen molar-refractivity contribution < 1.29 is 9.53 Å². The number of hydrogen-bond acceptors (Lipinski definition) is 3. The molecule has 4 atom stereocenters. The Morgan fingerprint density at radius 2 is 2.00 bits per heavy atom. The molecule has 0 amide bonds. The van der Waals surface area contributed by atoms with Crippen LogP contribution < -0.4 is 0 Å². The molecule has 0 spiro atoms. The minimum atomic E-state index is -0.0385. The Morgan fingerprint density at radius 3 is 2.44 bits per heavy atom. The van der Waals surface area contributed by atoms with Gasteiger partial charge < -0.3 is 4.74 Å². The highest BCUT2D eigenvalue weighted by atomic mass is 16.5. The van der Waals surface area contributed by atoms with Crippen LogP contribution in [0.1, 0.15) is 46.5 Å². The van der Waals surface area contributed by atoms with Crippen molar-refractivity contribution in [2.45, 2.75) is 58.5 Å². The first kappa shape index (κ1) is 12.5. The topological polar surface area (TPSA) is 29.5 Å². The molecule has 3 rings (SSSR count). The number of carbonyl (C=O) groups excluding carboxylic acids is 1. The van der Waals surface area contributed by atoms with E-state index in [1.54, 1.807) is 0 Å². The van der Waals surface area contributed by atoms with Crippen LogP contribution in [0.15, 0.2) is 0 Å². The number of ether oxygens (including phenoxy) is 1. The maximum absolute atomic E-state index is 11.8. The Kier molecular flexibility index (Phi) is 2.58. The second-order valence-electron chi connectivity index (χ2n) is 7.38. The molecule has 1 saturated heterocycles. The Morgan fingerprint density at radius 1 is 1.28 bits per heavy atom. The second kappa shape index (κ2) is 3.72. The van der Waals surface area contributed by atoms with Gasteiger partial charge in [0.15, 0.2) is 0 Å². The lowest BCUT2D eigenvalue weighted by molar-refractivity contribution is -0.160. The zero-order chi connectivity index (χ0) is 13.1. The number of rotatable bonds is 2. The molecule has 0 aromatic carbocycles. The van der Waals surface area contributed by atoms with Crippen molar-refractivity contribution in [1.29, 1.82) is 0 Å². The molecule has 2 bridgehead atoms. The van der Waals surface area contributed by atoms with Crippen LogP contribution in [-0.2, 0) is 9.53 Å². The van der Waals surface area contributed by atoms with Gasteiger partial charge in [-0.05, 0) is 42.4 Å². The monoisotopic (exact) mass is 251 g/mol. The maximum atomic E-state index is 11.8. The summed E-state index contributed by atoms with van der Waals surface area (Å²) in [6.45, 7) is 8.30. The van der Waals surface area contributed by atoms with Gasteiger partial charge in [0.25, 0.3) is 0 Å². The van der Waals surface area contributed by atoms with Crippen LogP contribution >= 0.6 is 0 Å². The van der Waals surface area contributed by atoms with E-state index in [2.05, 4.69) is 25.7 Å². The summed E-state index contributed by atoms with van der Waals surface area (Å²) in [6, 6.07) is 0.581. The van der Waals surface area contributed by atoms with Crippen molar-refractivity contribution in [1.82, 2.24) is 4.90 Å². The zero-order valence-electron chi connectivity index (χ0n) is 12.0. The number of methoxy groups -OCH3 is 1. The van der Waals surface area contributed by atoms with E-state index >= 15 is 0 Å². The first-order valence-electron chi connectivity index (χ1n) is 7.24. The lowest BCUT2D eigenvalue weighted by atomic mass is 9.66. The smallest absolute Gasteiger partial charge is 0.323 e. The average Bonchev–Trinajstić information content (AvgIpc) is 2.73. The predicted octanol–water partition coefficient (Wildman–Crippen LogP) is 2.45. The molecule has 0 radical (unpaired) electrons. The van der Waals surface area contributed by atoms with Crippen LogP contribution in [-0.4, -0.2) is 36.6 Å².